The maximum atomic E-state index is 11.3. The maximum Gasteiger partial charge on any atom is 0.175 e. The van der Waals surface area contributed by atoms with E-state index in [1.165, 1.54) is 18.4 Å². The van der Waals surface area contributed by atoms with Crippen LogP contribution in [-0.4, -0.2) is 14.7 Å². The number of hydrogen-bond acceptors (Lipinski definition) is 4. The molecule has 0 aliphatic carbocycles. The number of rotatable bonds is 4. The van der Waals surface area contributed by atoms with Crippen molar-refractivity contribution in [2.45, 2.75) is 11.5 Å². The van der Waals surface area contributed by atoms with Gasteiger partial charge in [-0.1, -0.05) is 18.2 Å². The zero-order valence-electron chi connectivity index (χ0n) is 10.5. The molecule has 0 spiro atoms. The zero-order valence-corrected chi connectivity index (χ0v) is 11.4. The molecule has 0 aromatic heterocycles. The maximum absolute atomic E-state index is 11.3. The fourth-order valence-corrected chi connectivity index (χ4v) is 2.24. The first kappa shape index (κ1) is 13.4. The third-order valence-corrected chi connectivity index (χ3v) is 3.83. The molecule has 0 aliphatic rings. The lowest BCUT2D eigenvalue weighted by atomic mass is 10.2. The van der Waals surface area contributed by atoms with Gasteiger partial charge >= 0.3 is 0 Å². The average Bonchev–Trinajstić information content (AvgIpc) is 2.37. The second-order valence-electron chi connectivity index (χ2n) is 4.23. The van der Waals surface area contributed by atoms with E-state index in [2.05, 4.69) is 0 Å². The summed E-state index contributed by atoms with van der Waals surface area (Å²) in [6, 6.07) is 13.8. The Morgan fingerprint density at radius 1 is 1.05 bits per heavy atom. The Bertz CT molecular complexity index is 663. The number of sulfone groups is 1. The molecule has 100 valence electrons. The van der Waals surface area contributed by atoms with Gasteiger partial charge in [0.1, 0.15) is 12.4 Å². The van der Waals surface area contributed by atoms with E-state index in [0.29, 0.717) is 18.0 Å². The van der Waals surface area contributed by atoms with Gasteiger partial charge in [-0.2, -0.15) is 0 Å². The summed E-state index contributed by atoms with van der Waals surface area (Å²) in [7, 11) is -3.17. The van der Waals surface area contributed by atoms with Crippen molar-refractivity contribution in [2.75, 3.05) is 12.0 Å². The van der Waals surface area contributed by atoms with Gasteiger partial charge < -0.3 is 10.5 Å². The summed E-state index contributed by atoms with van der Waals surface area (Å²) >= 11 is 0. The zero-order chi connectivity index (χ0) is 13.9. The summed E-state index contributed by atoms with van der Waals surface area (Å²) in [5.74, 6) is 0.607. The Hall–Kier alpha value is -2.01. The molecule has 0 radical (unpaired) electrons. The van der Waals surface area contributed by atoms with E-state index in [-0.39, 0.29) is 4.90 Å². The van der Waals surface area contributed by atoms with Crippen molar-refractivity contribution >= 4 is 15.5 Å². The summed E-state index contributed by atoms with van der Waals surface area (Å²) in [6.45, 7) is 0.352. The van der Waals surface area contributed by atoms with E-state index in [4.69, 9.17) is 10.5 Å². The lowest BCUT2D eigenvalue weighted by Crippen LogP contribution is -2.00. The largest absolute Gasteiger partial charge is 0.489 e. The van der Waals surface area contributed by atoms with Gasteiger partial charge in [0.15, 0.2) is 9.84 Å². The molecule has 4 nitrogen and oxygen atoms in total. The SMILES string of the molecule is CS(=O)(=O)c1ccc(OCc2ccccc2N)cc1. The predicted octanol–water partition coefficient (Wildman–Crippen LogP) is 2.25. The summed E-state index contributed by atoms with van der Waals surface area (Å²) < 4.78 is 28.2. The molecule has 0 saturated heterocycles. The molecule has 0 atom stereocenters. The minimum Gasteiger partial charge on any atom is -0.489 e. The number of nitrogens with two attached hydrogens (primary N) is 1. The van der Waals surface area contributed by atoms with Crippen molar-refractivity contribution in [3.8, 4) is 5.75 Å². The molecule has 0 amide bonds. The van der Waals surface area contributed by atoms with E-state index < -0.39 is 9.84 Å². The number of anilines is 1. The van der Waals surface area contributed by atoms with E-state index in [1.54, 1.807) is 12.1 Å². The van der Waals surface area contributed by atoms with Gasteiger partial charge in [0, 0.05) is 17.5 Å². The van der Waals surface area contributed by atoms with Crippen LogP contribution in [0.15, 0.2) is 53.4 Å². The standard InChI is InChI=1S/C14H15NO3S/c1-19(16,17)13-8-6-12(7-9-13)18-10-11-4-2-3-5-14(11)15/h2-9H,10,15H2,1H3. The molecule has 2 aromatic rings. The van der Waals surface area contributed by atoms with Crippen LogP contribution in [0.3, 0.4) is 0 Å². The lowest BCUT2D eigenvalue weighted by molar-refractivity contribution is 0.306. The number of ether oxygens (including phenoxy) is 1. The molecule has 2 rings (SSSR count). The number of benzene rings is 2. The molecular formula is C14H15NO3S. The predicted molar refractivity (Wildman–Crippen MR) is 74.7 cm³/mol. The first-order chi connectivity index (χ1) is 8.97. The molecule has 19 heavy (non-hydrogen) atoms. The van der Waals surface area contributed by atoms with Crippen LogP contribution in [0.1, 0.15) is 5.56 Å². The van der Waals surface area contributed by atoms with Gasteiger partial charge in [0.05, 0.1) is 4.90 Å². The molecule has 0 fully saturated rings. The minimum atomic E-state index is -3.17. The Kier molecular flexibility index (Phi) is 3.76. The topological polar surface area (TPSA) is 69.4 Å². The lowest BCUT2D eigenvalue weighted by Gasteiger charge is -2.08. The number of hydrogen-bond donors (Lipinski definition) is 1. The van der Waals surface area contributed by atoms with Crippen molar-refractivity contribution in [1.82, 2.24) is 0 Å². The van der Waals surface area contributed by atoms with Gasteiger partial charge in [-0.05, 0) is 30.3 Å². The van der Waals surface area contributed by atoms with Crippen molar-refractivity contribution in [1.29, 1.82) is 0 Å². The number of para-hydroxylation sites is 1. The normalized spacial score (nSPS) is 11.2. The van der Waals surface area contributed by atoms with Gasteiger partial charge in [0.2, 0.25) is 0 Å². The van der Waals surface area contributed by atoms with Crippen molar-refractivity contribution in [3.05, 3.63) is 54.1 Å². The highest BCUT2D eigenvalue weighted by Crippen LogP contribution is 2.18. The first-order valence-corrected chi connectivity index (χ1v) is 7.62. The molecule has 0 heterocycles. The van der Waals surface area contributed by atoms with Crippen LogP contribution in [0.2, 0.25) is 0 Å². The van der Waals surface area contributed by atoms with E-state index in [0.717, 1.165) is 5.56 Å². The van der Waals surface area contributed by atoms with Crippen LogP contribution in [-0.2, 0) is 16.4 Å². The summed E-state index contributed by atoms with van der Waals surface area (Å²) in [6.07, 6.45) is 1.17. The Balaban J connectivity index is 2.07. The van der Waals surface area contributed by atoms with Crippen LogP contribution in [0.25, 0.3) is 0 Å². The van der Waals surface area contributed by atoms with Gasteiger partial charge in [0.25, 0.3) is 0 Å². The van der Waals surface area contributed by atoms with Crippen LogP contribution in [0.5, 0.6) is 5.75 Å². The molecule has 2 aromatic carbocycles. The van der Waals surface area contributed by atoms with Crippen LogP contribution in [0, 0.1) is 0 Å². The summed E-state index contributed by atoms with van der Waals surface area (Å²) in [5, 5.41) is 0. The molecule has 0 bridgehead atoms. The smallest absolute Gasteiger partial charge is 0.175 e. The van der Waals surface area contributed by atoms with Crippen molar-refractivity contribution in [2.24, 2.45) is 0 Å². The fraction of sp³-hybridized carbons (Fsp3) is 0.143. The fourth-order valence-electron chi connectivity index (χ4n) is 1.61. The quantitative estimate of drug-likeness (QED) is 0.870. The first-order valence-electron chi connectivity index (χ1n) is 5.73. The van der Waals surface area contributed by atoms with Gasteiger partial charge in [-0.15, -0.1) is 0 Å². The third kappa shape index (κ3) is 3.48. The van der Waals surface area contributed by atoms with E-state index in [1.807, 2.05) is 24.3 Å². The van der Waals surface area contributed by atoms with Crippen LogP contribution < -0.4 is 10.5 Å². The summed E-state index contributed by atoms with van der Waals surface area (Å²) in [5.41, 5.74) is 7.38. The Labute approximate surface area is 112 Å². The summed E-state index contributed by atoms with van der Waals surface area (Å²) in [4.78, 5) is 0.277. The molecule has 0 unspecified atom stereocenters. The Morgan fingerprint density at radius 3 is 2.26 bits per heavy atom. The second kappa shape index (κ2) is 5.32. The minimum absolute atomic E-state index is 0.277. The molecule has 2 N–H and O–H groups in total. The van der Waals surface area contributed by atoms with E-state index >= 15 is 0 Å². The highest BCUT2D eigenvalue weighted by Gasteiger charge is 2.06. The highest BCUT2D eigenvalue weighted by molar-refractivity contribution is 7.90. The van der Waals surface area contributed by atoms with Crippen molar-refractivity contribution < 1.29 is 13.2 Å². The Morgan fingerprint density at radius 2 is 1.68 bits per heavy atom. The van der Waals surface area contributed by atoms with Crippen LogP contribution in [0.4, 0.5) is 5.69 Å². The molecular weight excluding hydrogens is 262 g/mol. The van der Waals surface area contributed by atoms with Crippen LogP contribution >= 0.6 is 0 Å². The highest BCUT2D eigenvalue weighted by atomic mass is 32.2. The molecule has 5 heteroatoms. The number of nitrogen functional groups attached to an aromatic ring is 1. The third-order valence-electron chi connectivity index (χ3n) is 2.70. The molecule has 0 aliphatic heterocycles. The monoisotopic (exact) mass is 277 g/mol. The van der Waals surface area contributed by atoms with Gasteiger partial charge in [-0.3, -0.25) is 0 Å². The van der Waals surface area contributed by atoms with E-state index in [9.17, 15) is 8.42 Å². The van der Waals surface area contributed by atoms with Gasteiger partial charge in [-0.25, -0.2) is 8.42 Å². The average molecular weight is 277 g/mol. The second-order valence-corrected chi connectivity index (χ2v) is 6.25. The molecule has 0 saturated carbocycles. The van der Waals surface area contributed by atoms with Crippen molar-refractivity contribution in [3.63, 3.8) is 0 Å².